The monoisotopic (exact) mass is 234 g/mol. The minimum atomic E-state index is 0.0542. The lowest BCUT2D eigenvalue weighted by Crippen LogP contribution is -1.93. The Bertz CT molecular complexity index is 398. The number of carbonyl (C=O) groups is 1. The van der Waals surface area contributed by atoms with Crippen LogP contribution in [0.4, 0.5) is 0 Å². The summed E-state index contributed by atoms with van der Waals surface area (Å²) in [5, 5.41) is 0.990. The summed E-state index contributed by atoms with van der Waals surface area (Å²) in [7, 11) is 0. The summed E-state index contributed by atoms with van der Waals surface area (Å²) in [6.45, 7) is 0. The third-order valence-electron chi connectivity index (χ3n) is 2.14. The van der Waals surface area contributed by atoms with Crippen LogP contribution in [-0.4, -0.2) is 5.78 Å². The molecule has 0 N–H and O–H groups in total. The van der Waals surface area contributed by atoms with Gasteiger partial charge in [0.25, 0.3) is 0 Å². The fourth-order valence-electron chi connectivity index (χ4n) is 1.52. The number of rotatable bonds is 0. The van der Waals surface area contributed by atoms with Crippen molar-refractivity contribution in [3.63, 3.8) is 0 Å². The van der Waals surface area contributed by atoms with Crippen LogP contribution >= 0.6 is 34.8 Å². The van der Waals surface area contributed by atoms with Crippen LogP contribution in [0.3, 0.4) is 0 Å². The van der Waals surface area contributed by atoms with Crippen LogP contribution in [0.5, 0.6) is 0 Å². The third-order valence-corrected chi connectivity index (χ3v) is 3.41. The summed E-state index contributed by atoms with van der Waals surface area (Å²) in [6, 6.07) is 1.72. The standard InChI is InChI=1S/C9H5Cl3O/c10-5-3-4-1-2-6(13)7(4)9(12)8(5)11/h3H,1-2H2. The predicted molar refractivity (Wildman–Crippen MR) is 54.1 cm³/mol. The molecular formula is C9H5Cl3O. The fourth-order valence-corrected chi connectivity index (χ4v) is 2.27. The molecule has 1 nitrogen and oxygen atoms in total. The molecule has 68 valence electrons. The fraction of sp³-hybridized carbons (Fsp3) is 0.222. The maximum absolute atomic E-state index is 11.4. The van der Waals surface area contributed by atoms with Crippen molar-refractivity contribution >= 4 is 40.6 Å². The number of aryl methyl sites for hydroxylation is 1. The molecule has 0 saturated heterocycles. The number of halogens is 3. The molecule has 0 aliphatic heterocycles. The van der Waals surface area contributed by atoms with Gasteiger partial charge in [-0.2, -0.15) is 0 Å². The van der Waals surface area contributed by atoms with Crippen molar-refractivity contribution in [1.82, 2.24) is 0 Å². The Morgan fingerprint density at radius 3 is 2.46 bits per heavy atom. The molecule has 13 heavy (non-hydrogen) atoms. The molecule has 2 rings (SSSR count). The van der Waals surface area contributed by atoms with Crippen molar-refractivity contribution in [2.75, 3.05) is 0 Å². The van der Waals surface area contributed by atoms with Gasteiger partial charge in [0.1, 0.15) is 0 Å². The predicted octanol–water partition coefficient (Wildman–Crippen LogP) is 3.78. The molecule has 0 atom stereocenters. The summed E-state index contributed by atoms with van der Waals surface area (Å²) in [5.74, 6) is 0.0542. The van der Waals surface area contributed by atoms with Gasteiger partial charge in [-0.05, 0) is 18.1 Å². The molecule has 0 spiro atoms. The van der Waals surface area contributed by atoms with Crippen LogP contribution in [-0.2, 0) is 6.42 Å². The molecule has 4 heteroatoms. The molecule has 1 aliphatic rings. The number of benzene rings is 1. The maximum Gasteiger partial charge on any atom is 0.165 e. The summed E-state index contributed by atoms with van der Waals surface area (Å²) in [4.78, 5) is 11.4. The first-order chi connectivity index (χ1) is 6.11. The second-order valence-electron chi connectivity index (χ2n) is 2.94. The van der Waals surface area contributed by atoms with E-state index in [4.69, 9.17) is 34.8 Å². The molecule has 0 unspecified atom stereocenters. The molecule has 1 aliphatic carbocycles. The summed E-state index contributed by atoms with van der Waals surface area (Å²) in [6.07, 6.45) is 1.22. The second-order valence-corrected chi connectivity index (χ2v) is 4.11. The van der Waals surface area contributed by atoms with Crippen molar-refractivity contribution in [2.45, 2.75) is 12.8 Å². The van der Waals surface area contributed by atoms with Crippen LogP contribution in [0.2, 0.25) is 15.1 Å². The number of carbonyl (C=O) groups excluding carboxylic acids is 1. The summed E-state index contributed by atoms with van der Waals surface area (Å²) >= 11 is 17.5. The lowest BCUT2D eigenvalue weighted by molar-refractivity contribution is 0.0994. The van der Waals surface area contributed by atoms with Crippen LogP contribution in [0, 0.1) is 0 Å². The van der Waals surface area contributed by atoms with Crippen LogP contribution in [0.15, 0.2) is 6.07 Å². The molecule has 0 radical (unpaired) electrons. The van der Waals surface area contributed by atoms with Gasteiger partial charge in [-0.3, -0.25) is 4.79 Å². The highest BCUT2D eigenvalue weighted by Gasteiger charge is 2.25. The quantitative estimate of drug-likeness (QED) is 0.626. The lowest BCUT2D eigenvalue weighted by Gasteiger charge is -2.04. The molecular weight excluding hydrogens is 230 g/mol. The molecule has 0 fully saturated rings. The van der Waals surface area contributed by atoms with E-state index in [1.165, 1.54) is 0 Å². The molecule has 0 bridgehead atoms. The largest absolute Gasteiger partial charge is 0.294 e. The van der Waals surface area contributed by atoms with Gasteiger partial charge >= 0.3 is 0 Å². The number of fused-ring (bicyclic) bond motifs is 1. The van der Waals surface area contributed by atoms with Gasteiger partial charge in [0.15, 0.2) is 5.78 Å². The number of hydrogen-bond donors (Lipinski definition) is 0. The van der Waals surface area contributed by atoms with E-state index in [0.717, 1.165) is 5.56 Å². The molecule has 0 saturated carbocycles. The zero-order chi connectivity index (χ0) is 9.59. The molecule has 1 aromatic rings. The first kappa shape index (κ1) is 9.32. The maximum atomic E-state index is 11.4. The second kappa shape index (κ2) is 3.16. The highest BCUT2D eigenvalue weighted by molar-refractivity contribution is 6.49. The average Bonchev–Trinajstić information content (AvgIpc) is 2.43. The van der Waals surface area contributed by atoms with Crippen LogP contribution < -0.4 is 0 Å². The number of ketones is 1. The highest BCUT2D eigenvalue weighted by atomic mass is 35.5. The average molecular weight is 235 g/mol. The smallest absolute Gasteiger partial charge is 0.165 e. The Morgan fingerprint density at radius 2 is 1.77 bits per heavy atom. The van der Waals surface area contributed by atoms with Crippen molar-refractivity contribution in [2.24, 2.45) is 0 Å². The Hall–Kier alpha value is -0.240. The molecule has 1 aromatic carbocycles. The van der Waals surface area contributed by atoms with E-state index < -0.39 is 0 Å². The summed E-state index contributed by atoms with van der Waals surface area (Å²) < 4.78 is 0. The number of hydrogen-bond acceptors (Lipinski definition) is 1. The van der Waals surface area contributed by atoms with E-state index in [0.29, 0.717) is 28.5 Å². The third kappa shape index (κ3) is 1.35. The van der Waals surface area contributed by atoms with E-state index >= 15 is 0 Å². The molecule has 0 aromatic heterocycles. The van der Waals surface area contributed by atoms with Gasteiger partial charge in [0, 0.05) is 12.0 Å². The van der Waals surface area contributed by atoms with Crippen molar-refractivity contribution in [3.8, 4) is 0 Å². The van der Waals surface area contributed by atoms with Crippen molar-refractivity contribution < 1.29 is 4.79 Å². The van der Waals surface area contributed by atoms with E-state index in [1.54, 1.807) is 6.07 Å². The van der Waals surface area contributed by atoms with Gasteiger partial charge < -0.3 is 0 Å². The first-order valence-corrected chi connectivity index (χ1v) is 4.94. The van der Waals surface area contributed by atoms with E-state index in [1.807, 2.05) is 0 Å². The topological polar surface area (TPSA) is 17.1 Å². The minimum absolute atomic E-state index is 0.0542. The van der Waals surface area contributed by atoms with E-state index in [9.17, 15) is 4.79 Å². The van der Waals surface area contributed by atoms with Crippen LogP contribution in [0.25, 0.3) is 0 Å². The zero-order valence-corrected chi connectivity index (χ0v) is 8.80. The molecule has 0 heterocycles. The Morgan fingerprint density at radius 1 is 1.08 bits per heavy atom. The Labute approximate surface area is 90.6 Å². The zero-order valence-electron chi connectivity index (χ0n) is 6.53. The van der Waals surface area contributed by atoms with Crippen molar-refractivity contribution in [1.29, 1.82) is 0 Å². The highest BCUT2D eigenvalue weighted by Crippen LogP contribution is 2.38. The van der Waals surface area contributed by atoms with Crippen molar-refractivity contribution in [3.05, 3.63) is 32.3 Å². The number of Topliss-reactive ketones (excluding diaryl/α,β-unsaturated/α-hetero) is 1. The lowest BCUT2D eigenvalue weighted by atomic mass is 10.1. The van der Waals surface area contributed by atoms with Gasteiger partial charge in [-0.1, -0.05) is 34.8 Å². The normalized spacial score (nSPS) is 14.8. The van der Waals surface area contributed by atoms with Crippen LogP contribution in [0.1, 0.15) is 22.3 Å². The summed E-state index contributed by atoms with van der Waals surface area (Å²) in [5.41, 5.74) is 1.46. The van der Waals surface area contributed by atoms with E-state index in [2.05, 4.69) is 0 Å². The Balaban J connectivity index is 2.75. The first-order valence-electron chi connectivity index (χ1n) is 3.81. The minimum Gasteiger partial charge on any atom is -0.294 e. The van der Waals surface area contributed by atoms with E-state index in [-0.39, 0.29) is 10.8 Å². The Kier molecular flexibility index (Phi) is 2.26. The van der Waals surface area contributed by atoms with Gasteiger partial charge in [0.05, 0.1) is 15.1 Å². The SMILES string of the molecule is O=C1CCc2cc(Cl)c(Cl)c(Cl)c21. The molecule has 0 amide bonds. The van der Waals surface area contributed by atoms with Gasteiger partial charge in [0.2, 0.25) is 0 Å². The van der Waals surface area contributed by atoms with Gasteiger partial charge in [-0.25, -0.2) is 0 Å². The van der Waals surface area contributed by atoms with Gasteiger partial charge in [-0.15, -0.1) is 0 Å².